The van der Waals surface area contributed by atoms with Crippen LogP contribution in [0, 0.1) is 5.92 Å². The molecule has 0 spiro atoms. The second-order valence-corrected chi connectivity index (χ2v) is 8.45. The number of benzene rings is 1. The molecule has 0 aromatic heterocycles. The minimum atomic E-state index is -3.46. The van der Waals surface area contributed by atoms with Gasteiger partial charge < -0.3 is 9.84 Å². The molecule has 6 nitrogen and oxygen atoms in total. The molecule has 134 valence electrons. The second-order valence-electron chi connectivity index (χ2n) is 6.51. The first-order valence-corrected chi connectivity index (χ1v) is 10.1. The zero-order chi connectivity index (χ0) is 17.2. The number of piperazine rings is 1. The Morgan fingerprint density at radius 3 is 2.33 bits per heavy atom. The van der Waals surface area contributed by atoms with Gasteiger partial charge in [0.2, 0.25) is 10.0 Å². The number of rotatable bonds is 7. The van der Waals surface area contributed by atoms with Crippen molar-refractivity contribution in [2.75, 3.05) is 39.3 Å². The van der Waals surface area contributed by atoms with Crippen LogP contribution in [0.3, 0.4) is 0 Å². The summed E-state index contributed by atoms with van der Waals surface area (Å²) < 4.78 is 32.3. The van der Waals surface area contributed by atoms with E-state index in [1.54, 1.807) is 24.3 Å². The van der Waals surface area contributed by atoms with Crippen molar-refractivity contribution in [2.45, 2.75) is 30.8 Å². The summed E-state index contributed by atoms with van der Waals surface area (Å²) >= 11 is 0. The van der Waals surface area contributed by atoms with Gasteiger partial charge in [0, 0.05) is 32.7 Å². The number of hydrogen-bond acceptors (Lipinski definition) is 5. The first-order chi connectivity index (χ1) is 11.5. The number of β-amino-alcohol motifs (C(OH)–C–C–N with tert-alkyl or cyclic N) is 1. The maximum atomic E-state index is 12.7. The fourth-order valence-electron chi connectivity index (χ4n) is 3.07. The molecule has 1 saturated heterocycles. The lowest BCUT2D eigenvalue weighted by molar-refractivity contribution is 0.0782. The Morgan fingerprint density at radius 1 is 1.17 bits per heavy atom. The van der Waals surface area contributed by atoms with Crippen LogP contribution in [0.15, 0.2) is 29.2 Å². The molecule has 0 amide bonds. The van der Waals surface area contributed by atoms with E-state index in [1.807, 2.05) is 6.92 Å². The van der Waals surface area contributed by atoms with E-state index in [1.165, 1.54) is 4.31 Å². The fourth-order valence-corrected chi connectivity index (χ4v) is 4.49. The highest BCUT2D eigenvalue weighted by Crippen LogP contribution is 2.33. The van der Waals surface area contributed by atoms with E-state index in [2.05, 4.69) is 4.90 Å². The summed E-state index contributed by atoms with van der Waals surface area (Å²) in [5.41, 5.74) is 0. The summed E-state index contributed by atoms with van der Waals surface area (Å²) in [6.07, 6.45) is 1.97. The highest BCUT2D eigenvalue weighted by Gasteiger charge is 2.33. The zero-order valence-corrected chi connectivity index (χ0v) is 14.9. The predicted molar refractivity (Wildman–Crippen MR) is 91.5 cm³/mol. The van der Waals surface area contributed by atoms with Crippen LogP contribution in [0.5, 0.6) is 5.75 Å². The molecule has 1 heterocycles. The van der Waals surface area contributed by atoms with Gasteiger partial charge in [0.05, 0.1) is 17.6 Å². The summed E-state index contributed by atoms with van der Waals surface area (Å²) in [6.45, 7) is 5.37. The first-order valence-electron chi connectivity index (χ1n) is 8.64. The van der Waals surface area contributed by atoms with Crippen molar-refractivity contribution in [1.29, 1.82) is 0 Å². The molecule has 0 radical (unpaired) electrons. The summed E-state index contributed by atoms with van der Waals surface area (Å²) in [6, 6.07) is 6.59. The molecule has 0 bridgehead atoms. The minimum Gasteiger partial charge on any atom is -0.494 e. The van der Waals surface area contributed by atoms with E-state index >= 15 is 0 Å². The summed E-state index contributed by atoms with van der Waals surface area (Å²) in [4.78, 5) is 2.46. The summed E-state index contributed by atoms with van der Waals surface area (Å²) in [7, 11) is -3.46. The van der Waals surface area contributed by atoms with Crippen molar-refractivity contribution >= 4 is 10.0 Å². The van der Waals surface area contributed by atoms with E-state index in [4.69, 9.17) is 4.74 Å². The predicted octanol–water partition coefficient (Wildman–Crippen LogP) is 1.16. The molecule has 3 rings (SSSR count). The normalized spacial score (nSPS) is 21.6. The lowest BCUT2D eigenvalue weighted by atomic mass is 10.2. The van der Waals surface area contributed by atoms with Crippen LogP contribution in [0.2, 0.25) is 0 Å². The van der Waals surface area contributed by atoms with Crippen LogP contribution in [0.25, 0.3) is 0 Å². The third-order valence-corrected chi connectivity index (χ3v) is 6.63. The Balaban J connectivity index is 1.57. The van der Waals surface area contributed by atoms with E-state index in [0.29, 0.717) is 55.9 Å². The van der Waals surface area contributed by atoms with Crippen LogP contribution in [0.1, 0.15) is 19.8 Å². The van der Waals surface area contributed by atoms with E-state index in [9.17, 15) is 13.5 Å². The van der Waals surface area contributed by atoms with Gasteiger partial charge in [-0.05, 0) is 49.9 Å². The molecule has 1 aliphatic carbocycles. The molecule has 1 atom stereocenters. The maximum Gasteiger partial charge on any atom is 0.243 e. The highest BCUT2D eigenvalue weighted by atomic mass is 32.2. The van der Waals surface area contributed by atoms with Crippen molar-refractivity contribution in [2.24, 2.45) is 5.92 Å². The standard InChI is InChI=1S/C17H26N2O4S/c1-2-23-15-5-7-16(8-6-15)24(21,22)19-11-9-18(10-12-19)13-17(20)14-3-4-14/h5-8,14,17,20H,2-4,9-13H2,1H3/t17-/m1/s1. The Morgan fingerprint density at radius 2 is 1.79 bits per heavy atom. The van der Waals surface area contributed by atoms with Crippen LogP contribution in [-0.2, 0) is 10.0 Å². The van der Waals surface area contributed by atoms with Gasteiger partial charge in [-0.1, -0.05) is 0 Å². The van der Waals surface area contributed by atoms with Crippen molar-refractivity contribution in [3.63, 3.8) is 0 Å². The molecule has 0 unspecified atom stereocenters. The molecular weight excluding hydrogens is 328 g/mol. The maximum absolute atomic E-state index is 12.7. The largest absolute Gasteiger partial charge is 0.494 e. The SMILES string of the molecule is CCOc1ccc(S(=O)(=O)N2CCN(C[C@@H](O)C3CC3)CC2)cc1. The smallest absolute Gasteiger partial charge is 0.243 e. The van der Waals surface area contributed by atoms with Crippen LogP contribution >= 0.6 is 0 Å². The van der Waals surface area contributed by atoms with Gasteiger partial charge in [0.25, 0.3) is 0 Å². The molecule has 1 aromatic rings. The second kappa shape index (κ2) is 7.39. The number of hydrogen-bond donors (Lipinski definition) is 1. The first kappa shape index (κ1) is 17.7. The fraction of sp³-hybridized carbons (Fsp3) is 0.647. The molecule has 2 aliphatic rings. The Labute approximate surface area is 144 Å². The van der Waals surface area contributed by atoms with E-state index in [0.717, 1.165) is 12.8 Å². The monoisotopic (exact) mass is 354 g/mol. The van der Waals surface area contributed by atoms with Gasteiger partial charge in [-0.2, -0.15) is 4.31 Å². The van der Waals surface area contributed by atoms with Gasteiger partial charge >= 0.3 is 0 Å². The highest BCUT2D eigenvalue weighted by molar-refractivity contribution is 7.89. The molecule has 2 fully saturated rings. The van der Waals surface area contributed by atoms with Crippen molar-refractivity contribution in [3.8, 4) is 5.75 Å². The third kappa shape index (κ3) is 4.08. The van der Waals surface area contributed by atoms with E-state index < -0.39 is 10.0 Å². The van der Waals surface area contributed by atoms with Crippen molar-refractivity contribution in [1.82, 2.24) is 9.21 Å². The molecule has 24 heavy (non-hydrogen) atoms. The summed E-state index contributed by atoms with van der Waals surface area (Å²) in [5.74, 6) is 1.13. The average molecular weight is 354 g/mol. The van der Waals surface area contributed by atoms with Gasteiger partial charge in [0.1, 0.15) is 5.75 Å². The van der Waals surface area contributed by atoms with E-state index in [-0.39, 0.29) is 6.10 Å². The van der Waals surface area contributed by atoms with Crippen LogP contribution in [0.4, 0.5) is 0 Å². The van der Waals surface area contributed by atoms with Crippen LogP contribution < -0.4 is 4.74 Å². The number of aliphatic hydroxyl groups excluding tert-OH is 1. The quantitative estimate of drug-likeness (QED) is 0.796. The number of ether oxygens (including phenoxy) is 1. The zero-order valence-electron chi connectivity index (χ0n) is 14.1. The average Bonchev–Trinajstić information content (AvgIpc) is 3.41. The number of nitrogens with zero attached hydrogens (tertiary/aromatic N) is 2. The van der Waals surface area contributed by atoms with Gasteiger partial charge in [-0.25, -0.2) is 8.42 Å². The molecule has 1 saturated carbocycles. The third-order valence-electron chi connectivity index (χ3n) is 4.72. The lowest BCUT2D eigenvalue weighted by Crippen LogP contribution is -2.50. The Bertz CT molecular complexity index is 635. The molecule has 1 aliphatic heterocycles. The molecule has 7 heteroatoms. The van der Waals surface area contributed by atoms with Gasteiger partial charge in [-0.3, -0.25) is 4.90 Å². The molecule has 1 N–H and O–H groups in total. The topological polar surface area (TPSA) is 70.1 Å². The Hall–Kier alpha value is -1.15. The summed E-state index contributed by atoms with van der Waals surface area (Å²) in [5, 5.41) is 10.0. The van der Waals surface area contributed by atoms with Crippen molar-refractivity contribution in [3.05, 3.63) is 24.3 Å². The number of aliphatic hydroxyl groups is 1. The Kier molecular flexibility index (Phi) is 5.44. The minimum absolute atomic E-state index is 0.265. The van der Waals surface area contributed by atoms with Gasteiger partial charge in [-0.15, -0.1) is 0 Å². The van der Waals surface area contributed by atoms with Crippen molar-refractivity contribution < 1.29 is 18.3 Å². The van der Waals surface area contributed by atoms with Gasteiger partial charge in [0.15, 0.2) is 0 Å². The van der Waals surface area contributed by atoms with Crippen LogP contribution in [-0.4, -0.2) is 68.2 Å². The lowest BCUT2D eigenvalue weighted by Gasteiger charge is -2.35. The molecular formula is C17H26N2O4S. The number of sulfonamides is 1. The molecule has 1 aromatic carbocycles.